The number of nitriles is 1. The summed E-state index contributed by atoms with van der Waals surface area (Å²) in [6.45, 7) is 6.56. The number of hydrogen-bond donors (Lipinski definition) is 0. The molecule has 1 fully saturated rings. The van der Waals surface area contributed by atoms with E-state index >= 15 is 0 Å². The van der Waals surface area contributed by atoms with Crippen LogP contribution in [0.3, 0.4) is 0 Å². The molecule has 16 heavy (non-hydrogen) atoms. The van der Waals surface area contributed by atoms with Gasteiger partial charge in [0.05, 0.1) is 12.2 Å². The Bertz CT molecular complexity index is 423. The van der Waals surface area contributed by atoms with Crippen LogP contribution in [0.5, 0.6) is 0 Å². The SMILES string of the molecule is CC1(C)CN(c2ccnc(C#N)c2)CCO1. The zero-order chi connectivity index (χ0) is 11.6. The van der Waals surface area contributed by atoms with Crippen molar-refractivity contribution in [3.63, 3.8) is 0 Å². The molecule has 0 unspecified atom stereocenters. The minimum absolute atomic E-state index is 0.131. The zero-order valence-corrected chi connectivity index (χ0v) is 9.60. The number of nitrogens with zero attached hydrogens (tertiary/aromatic N) is 3. The van der Waals surface area contributed by atoms with Gasteiger partial charge in [0.15, 0.2) is 0 Å². The first-order chi connectivity index (χ1) is 7.61. The van der Waals surface area contributed by atoms with E-state index in [0.717, 1.165) is 25.4 Å². The van der Waals surface area contributed by atoms with Crippen LogP contribution in [-0.4, -0.2) is 30.3 Å². The molecule has 1 aliphatic heterocycles. The van der Waals surface area contributed by atoms with Gasteiger partial charge in [0.2, 0.25) is 0 Å². The van der Waals surface area contributed by atoms with Crippen molar-refractivity contribution in [1.82, 2.24) is 4.98 Å². The lowest BCUT2D eigenvalue weighted by molar-refractivity contribution is -0.0276. The van der Waals surface area contributed by atoms with Crippen molar-refractivity contribution in [1.29, 1.82) is 5.26 Å². The van der Waals surface area contributed by atoms with E-state index in [1.54, 1.807) is 6.20 Å². The number of ether oxygens (including phenoxy) is 1. The molecule has 0 radical (unpaired) electrons. The molecule has 4 heteroatoms. The van der Waals surface area contributed by atoms with Crippen LogP contribution in [-0.2, 0) is 4.74 Å². The van der Waals surface area contributed by atoms with E-state index in [4.69, 9.17) is 10.00 Å². The number of morpholine rings is 1. The summed E-state index contributed by atoms with van der Waals surface area (Å²) in [4.78, 5) is 6.20. The average molecular weight is 217 g/mol. The Kier molecular flexibility index (Phi) is 2.80. The number of rotatable bonds is 1. The largest absolute Gasteiger partial charge is 0.372 e. The smallest absolute Gasteiger partial charge is 0.142 e. The van der Waals surface area contributed by atoms with Crippen LogP contribution in [0.2, 0.25) is 0 Å². The lowest BCUT2D eigenvalue weighted by Crippen LogP contribution is -2.48. The lowest BCUT2D eigenvalue weighted by Gasteiger charge is -2.39. The van der Waals surface area contributed by atoms with Crippen LogP contribution in [0.15, 0.2) is 18.3 Å². The van der Waals surface area contributed by atoms with Gasteiger partial charge >= 0.3 is 0 Å². The minimum atomic E-state index is -0.131. The highest BCUT2D eigenvalue weighted by atomic mass is 16.5. The molecule has 1 aliphatic rings. The van der Waals surface area contributed by atoms with E-state index in [2.05, 4.69) is 29.8 Å². The van der Waals surface area contributed by atoms with E-state index < -0.39 is 0 Å². The molecule has 4 nitrogen and oxygen atoms in total. The predicted octanol–water partition coefficient (Wildman–Crippen LogP) is 1.57. The summed E-state index contributed by atoms with van der Waals surface area (Å²) in [5.74, 6) is 0. The van der Waals surface area contributed by atoms with Crippen LogP contribution in [0.1, 0.15) is 19.5 Å². The fraction of sp³-hybridized carbons (Fsp3) is 0.500. The molecule has 0 aliphatic carbocycles. The third kappa shape index (κ3) is 2.31. The maximum Gasteiger partial charge on any atom is 0.142 e. The second-order valence-electron chi connectivity index (χ2n) is 4.54. The van der Waals surface area contributed by atoms with E-state index in [1.807, 2.05) is 12.1 Å². The van der Waals surface area contributed by atoms with Gasteiger partial charge in [0.1, 0.15) is 11.8 Å². The lowest BCUT2D eigenvalue weighted by atomic mass is 10.1. The summed E-state index contributed by atoms with van der Waals surface area (Å²) in [5, 5.41) is 8.81. The average Bonchev–Trinajstić information content (AvgIpc) is 2.28. The van der Waals surface area contributed by atoms with Crippen LogP contribution in [0.4, 0.5) is 5.69 Å². The van der Waals surface area contributed by atoms with Crippen molar-refractivity contribution in [2.24, 2.45) is 0 Å². The number of aromatic nitrogens is 1. The van der Waals surface area contributed by atoms with E-state index in [0.29, 0.717) is 5.69 Å². The highest BCUT2D eigenvalue weighted by molar-refractivity contribution is 5.49. The standard InChI is InChI=1S/C12H15N3O/c1-12(2)9-15(5-6-16-12)11-3-4-14-10(7-11)8-13/h3-4,7H,5-6,9H2,1-2H3. The molecule has 0 atom stereocenters. The van der Waals surface area contributed by atoms with Gasteiger partial charge in [0.25, 0.3) is 0 Å². The highest BCUT2D eigenvalue weighted by Crippen LogP contribution is 2.22. The molecule has 1 aromatic heterocycles. The molecular weight excluding hydrogens is 202 g/mol. The first-order valence-electron chi connectivity index (χ1n) is 5.36. The Hall–Kier alpha value is -1.60. The Balaban J connectivity index is 2.21. The number of hydrogen-bond acceptors (Lipinski definition) is 4. The summed E-state index contributed by atoms with van der Waals surface area (Å²) in [6.07, 6.45) is 1.68. The summed E-state index contributed by atoms with van der Waals surface area (Å²) in [7, 11) is 0. The Morgan fingerprint density at radius 2 is 2.38 bits per heavy atom. The maximum absolute atomic E-state index is 8.81. The second-order valence-corrected chi connectivity index (χ2v) is 4.54. The highest BCUT2D eigenvalue weighted by Gasteiger charge is 2.27. The normalized spacial score (nSPS) is 19.2. The summed E-state index contributed by atoms with van der Waals surface area (Å²) < 4.78 is 5.65. The molecule has 2 rings (SSSR count). The topological polar surface area (TPSA) is 49.2 Å². The molecule has 0 saturated carbocycles. The minimum Gasteiger partial charge on any atom is -0.372 e. The van der Waals surface area contributed by atoms with Crippen LogP contribution in [0.25, 0.3) is 0 Å². The van der Waals surface area contributed by atoms with Crippen LogP contribution < -0.4 is 4.90 Å². The van der Waals surface area contributed by atoms with Crippen molar-refractivity contribution < 1.29 is 4.74 Å². The molecule has 0 N–H and O–H groups in total. The maximum atomic E-state index is 8.81. The van der Waals surface area contributed by atoms with Crippen molar-refractivity contribution in [3.05, 3.63) is 24.0 Å². The molecule has 0 bridgehead atoms. The van der Waals surface area contributed by atoms with Gasteiger partial charge in [-0.2, -0.15) is 5.26 Å². The van der Waals surface area contributed by atoms with Gasteiger partial charge in [-0.15, -0.1) is 0 Å². The number of anilines is 1. The molecule has 1 saturated heterocycles. The summed E-state index contributed by atoms with van der Waals surface area (Å²) in [6, 6.07) is 5.81. The number of pyridine rings is 1. The van der Waals surface area contributed by atoms with Gasteiger partial charge in [-0.05, 0) is 26.0 Å². The van der Waals surface area contributed by atoms with E-state index in [1.165, 1.54) is 0 Å². The monoisotopic (exact) mass is 217 g/mol. The van der Waals surface area contributed by atoms with Gasteiger partial charge in [-0.1, -0.05) is 0 Å². The predicted molar refractivity (Wildman–Crippen MR) is 61.2 cm³/mol. The fourth-order valence-corrected chi connectivity index (χ4v) is 1.91. The molecular formula is C12H15N3O. The molecule has 0 amide bonds. The Morgan fingerprint density at radius 1 is 1.56 bits per heavy atom. The molecule has 0 spiro atoms. The summed E-state index contributed by atoms with van der Waals surface area (Å²) in [5.41, 5.74) is 1.37. The quantitative estimate of drug-likeness (QED) is 0.716. The van der Waals surface area contributed by atoms with Crippen molar-refractivity contribution in [2.45, 2.75) is 19.4 Å². The zero-order valence-electron chi connectivity index (χ0n) is 9.60. The van der Waals surface area contributed by atoms with Gasteiger partial charge in [-0.3, -0.25) is 0 Å². The van der Waals surface area contributed by atoms with E-state index in [9.17, 15) is 0 Å². The fourth-order valence-electron chi connectivity index (χ4n) is 1.91. The Labute approximate surface area is 95.5 Å². The van der Waals surface area contributed by atoms with Gasteiger partial charge in [-0.25, -0.2) is 4.98 Å². The third-order valence-electron chi connectivity index (χ3n) is 2.65. The van der Waals surface area contributed by atoms with E-state index in [-0.39, 0.29) is 5.60 Å². The first-order valence-corrected chi connectivity index (χ1v) is 5.36. The molecule has 0 aromatic carbocycles. The molecule has 84 valence electrons. The van der Waals surface area contributed by atoms with Gasteiger partial charge in [0, 0.05) is 25.0 Å². The Morgan fingerprint density at radius 3 is 3.06 bits per heavy atom. The van der Waals surface area contributed by atoms with Crippen molar-refractivity contribution >= 4 is 5.69 Å². The van der Waals surface area contributed by atoms with Gasteiger partial charge < -0.3 is 9.64 Å². The second kappa shape index (κ2) is 4.11. The van der Waals surface area contributed by atoms with Crippen molar-refractivity contribution in [3.8, 4) is 6.07 Å². The summed E-state index contributed by atoms with van der Waals surface area (Å²) >= 11 is 0. The first kappa shape index (κ1) is 10.9. The molecule has 1 aromatic rings. The third-order valence-corrected chi connectivity index (χ3v) is 2.65. The van der Waals surface area contributed by atoms with Crippen molar-refractivity contribution in [2.75, 3.05) is 24.6 Å². The van der Waals surface area contributed by atoms with Crippen LogP contribution in [0, 0.1) is 11.3 Å². The van der Waals surface area contributed by atoms with Crippen LogP contribution >= 0.6 is 0 Å². The molecule has 2 heterocycles.